The van der Waals surface area contributed by atoms with Gasteiger partial charge < -0.3 is 0 Å². The summed E-state index contributed by atoms with van der Waals surface area (Å²) in [6, 6.07) is 4.08. The number of aryl methyl sites for hydroxylation is 2. The van der Waals surface area contributed by atoms with Gasteiger partial charge >= 0.3 is 0 Å². The van der Waals surface area contributed by atoms with Crippen LogP contribution in [0.3, 0.4) is 0 Å². The Labute approximate surface area is 127 Å². The lowest BCUT2D eigenvalue weighted by Gasteiger charge is -2.05. The van der Waals surface area contributed by atoms with E-state index in [0.29, 0.717) is 0 Å². The van der Waals surface area contributed by atoms with Gasteiger partial charge in [0.2, 0.25) is 0 Å². The largest absolute Gasteiger partial charge is 0.293 e. The lowest BCUT2D eigenvalue weighted by atomic mass is 10.1. The molecule has 0 saturated carbocycles. The van der Waals surface area contributed by atoms with Crippen molar-refractivity contribution < 1.29 is 0 Å². The average molecular weight is 301 g/mol. The molecule has 3 heterocycles. The van der Waals surface area contributed by atoms with Crippen LogP contribution in [0.25, 0.3) is 16.1 Å². The molecule has 0 aliphatic rings. The maximum Gasteiger partial charge on any atom is 0.276 e. The SMILES string of the molecule is CCCCc1c(C)nc2c(-c3cccs3)c(C)[nH]n2c1=O. The fourth-order valence-electron chi connectivity index (χ4n) is 2.68. The van der Waals surface area contributed by atoms with Gasteiger partial charge in [-0.15, -0.1) is 11.3 Å². The second-order valence-electron chi connectivity index (χ2n) is 5.33. The fourth-order valence-corrected chi connectivity index (χ4v) is 3.51. The molecule has 21 heavy (non-hydrogen) atoms. The minimum atomic E-state index is 0.0388. The van der Waals surface area contributed by atoms with E-state index in [1.54, 1.807) is 15.9 Å². The zero-order chi connectivity index (χ0) is 15.0. The number of aromatic amines is 1. The lowest BCUT2D eigenvalue weighted by Crippen LogP contribution is -2.21. The van der Waals surface area contributed by atoms with Gasteiger partial charge in [-0.3, -0.25) is 9.89 Å². The van der Waals surface area contributed by atoms with Crippen LogP contribution in [-0.2, 0) is 6.42 Å². The van der Waals surface area contributed by atoms with E-state index >= 15 is 0 Å². The molecule has 0 spiro atoms. The van der Waals surface area contributed by atoms with Gasteiger partial charge in [0.1, 0.15) is 0 Å². The van der Waals surface area contributed by atoms with E-state index in [1.165, 1.54) is 0 Å². The Kier molecular flexibility index (Phi) is 3.68. The first-order valence-corrected chi connectivity index (χ1v) is 8.16. The summed E-state index contributed by atoms with van der Waals surface area (Å²) < 4.78 is 1.60. The Morgan fingerprint density at radius 3 is 2.86 bits per heavy atom. The quantitative estimate of drug-likeness (QED) is 0.798. The van der Waals surface area contributed by atoms with Gasteiger partial charge in [0, 0.05) is 21.8 Å². The first-order valence-electron chi connectivity index (χ1n) is 7.28. The molecule has 0 saturated heterocycles. The summed E-state index contributed by atoms with van der Waals surface area (Å²) in [6.45, 7) is 6.06. The number of hydrogen-bond acceptors (Lipinski definition) is 3. The topological polar surface area (TPSA) is 50.2 Å². The van der Waals surface area contributed by atoms with Gasteiger partial charge in [0.25, 0.3) is 5.56 Å². The summed E-state index contributed by atoms with van der Waals surface area (Å²) in [4.78, 5) is 18.5. The van der Waals surface area contributed by atoms with Gasteiger partial charge in [0.15, 0.2) is 5.65 Å². The van der Waals surface area contributed by atoms with Crippen LogP contribution in [0.1, 0.15) is 36.7 Å². The highest BCUT2D eigenvalue weighted by Crippen LogP contribution is 2.30. The number of unbranched alkanes of at least 4 members (excludes halogenated alkanes) is 1. The number of rotatable bonds is 4. The highest BCUT2D eigenvalue weighted by Gasteiger charge is 2.17. The highest BCUT2D eigenvalue weighted by atomic mass is 32.1. The lowest BCUT2D eigenvalue weighted by molar-refractivity contribution is 0.757. The van der Waals surface area contributed by atoms with Gasteiger partial charge in [-0.25, -0.2) is 9.50 Å². The number of aromatic nitrogens is 3. The van der Waals surface area contributed by atoms with E-state index in [2.05, 4.69) is 18.1 Å². The predicted molar refractivity (Wildman–Crippen MR) is 87.2 cm³/mol. The number of H-pyrrole nitrogens is 1. The van der Waals surface area contributed by atoms with Crippen molar-refractivity contribution >= 4 is 17.0 Å². The molecule has 0 aromatic carbocycles. The van der Waals surface area contributed by atoms with Crippen molar-refractivity contribution in [1.82, 2.24) is 14.6 Å². The van der Waals surface area contributed by atoms with Gasteiger partial charge in [0.05, 0.1) is 5.56 Å². The molecular formula is C16H19N3OS. The molecule has 4 nitrogen and oxygen atoms in total. The van der Waals surface area contributed by atoms with E-state index in [9.17, 15) is 4.79 Å². The summed E-state index contributed by atoms with van der Waals surface area (Å²) in [5.74, 6) is 0. The fraction of sp³-hybridized carbons (Fsp3) is 0.375. The van der Waals surface area contributed by atoms with Crippen molar-refractivity contribution in [2.45, 2.75) is 40.0 Å². The molecule has 5 heteroatoms. The van der Waals surface area contributed by atoms with Crippen LogP contribution in [0.15, 0.2) is 22.3 Å². The van der Waals surface area contributed by atoms with Crippen molar-refractivity contribution in [3.63, 3.8) is 0 Å². The summed E-state index contributed by atoms with van der Waals surface area (Å²) in [6.07, 6.45) is 2.89. The molecule has 3 aromatic rings. The Hall–Kier alpha value is -1.88. The molecule has 0 aliphatic carbocycles. The average Bonchev–Trinajstić information content (AvgIpc) is 3.06. The van der Waals surface area contributed by atoms with E-state index in [0.717, 1.165) is 52.3 Å². The molecule has 3 aromatic heterocycles. The second kappa shape index (κ2) is 5.48. The second-order valence-corrected chi connectivity index (χ2v) is 6.28. The van der Waals surface area contributed by atoms with Crippen LogP contribution in [0, 0.1) is 13.8 Å². The molecule has 0 radical (unpaired) electrons. The van der Waals surface area contributed by atoms with Gasteiger partial charge in [-0.2, -0.15) is 0 Å². The molecule has 1 N–H and O–H groups in total. The summed E-state index contributed by atoms with van der Waals surface area (Å²) >= 11 is 1.66. The first-order chi connectivity index (χ1) is 10.1. The number of nitrogens with zero attached hydrogens (tertiary/aromatic N) is 2. The Morgan fingerprint density at radius 2 is 2.19 bits per heavy atom. The van der Waals surface area contributed by atoms with Crippen molar-refractivity contribution in [2.75, 3.05) is 0 Å². The summed E-state index contributed by atoms with van der Waals surface area (Å²) in [5, 5.41) is 5.22. The molecule has 0 atom stereocenters. The molecule has 3 rings (SSSR count). The van der Waals surface area contributed by atoms with Crippen LogP contribution in [0.4, 0.5) is 0 Å². The van der Waals surface area contributed by atoms with Crippen molar-refractivity contribution in [3.8, 4) is 10.4 Å². The number of nitrogens with one attached hydrogen (secondary N) is 1. The van der Waals surface area contributed by atoms with Crippen LogP contribution >= 0.6 is 11.3 Å². The van der Waals surface area contributed by atoms with Crippen molar-refractivity contribution in [3.05, 3.63) is 44.8 Å². The van der Waals surface area contributed by atoms with Crippen LogP contribution in [0.5, 0.6) is 0 Å². The summed E-state index contributed by atoms with van der Waals surface area (Å²) in [5.41, 5.74) is 4.47. The monoisotopic (exact) mass is 301 g/mol. The Balaban J connectivity index is 2.26. The first kappa shape index (κ1) is 14.1. The van der Waals surface area contributed by atoms with Crippen LogP contribution in [-0.4, -0.2) is 14.6 Å². The van der Waals surface area contributed by atoms with Gasteiger partial charge in [-0.05, 0) is 38.1 Å². The molecule has 0 unspecified atom stereocenters. The zero-order valence-electron chi connectivity index (χ0n) is 12.6. The maximum absolute atomic E-state index is 12.7. The van der Waals surface area contributed by atoms with Crippen LogP contribution in [0.2, 0.25) is 0 Å². The minimum absolute atomic E-state index is 0.0388. The highest BCUT2D eigenvalue weighted by molar-refractivity contribution is 7.13. The summed E-state index contributed by atoms with van der Waals surface area (Å²) in [7, 11) is 0. The van der Waals surface area contributed by atoms with E-state index in [-0.39, 0.29) is 5.56 Å². The van der Waals surface area contributed by atoms with E-state index < -0.39 is 0 Å². The van der Waals surface area contributed by atoms with Gasteiger partial charge in [-0.1, -0.05) is 19.4 Å². The zero-order valence-corrected chi connectivity index (χ0v) is 13.4. The standard InChI is InChI=1S/C16H19N3OS/c1-4-5-7-12-10(2)17-15-14(13-8-6-9-21-13)11(3)18-19(15)16(12)20/h6,8-9,18H,4-5,7H2,1-3H3. The molecular weight excluding hydrogens is 282 g/mol. The van der Waals surface area contributed by atoms with Crippen LogP contribution < -0.4 is 5.56 Å². The molecule has 110 valence electrons. The molecule has 0 aliphatic heterocycles. The molecule has 0 bridgehead atoms. The van der Waals surface area contributed by atoms with E-state index in [4.69, 9.17) is 4.98 Å². The third-order valence-electron chi connectivity index (χ3n) is 3.81. The van der Waals surface area contributed by atoms with Crippen molar-refractivity contribution in [2.24, 2.45) is 0 Å². The van der Waals surface area contributed by atoms with E-state index in [1.807, 2.05) is 25.3 Å². The number of hydrogen-bond donors (Lipinski definition) is 1. The normalized spacial score (nSPS) is 11.4. The minimum Gasteiger partial charge on any atom is -0.293 e. The third kappa shape index (κ3) is 2.31. The third-order valence-corrected chi connectivity index (χ3v) is 4.70. The van der Waals surface area contributed by atoms with Crippen molar-refractivity contribution in [1.29, 1.82) is 0 Å². The Morgan fingerprint density at radius 1 is 1.38 bits per heavy atom. The maximum atomic E-state index is 12.7. The molecule has 0 amide bonds. The number of fused-ring (bicyclic) bond motifs is 1. The smallest absolute Gasteiger partial charge is 0.276 e. The predicted octanol–water partition coefficient (Wildman–Crippen LogP) is 3.71. The number of thiophene rings is 1. The molecule has 0 fully saturated rings. The Bertz CT molecular complexity index is 827.